The highest BCUT2D eigenvalue weighted by Crippen LogP contribution is 2.02. The molecule has 0 fully saturated rings. The van der Waals surface area contributed by atoms with E-state index in [2.05, 4.69) is 13.2 Å². The zero-order valence-electron chi connectivity index (χ0n) is 6.29. The van der Waals surface area contributed by atoms with Crippen molar-refractivity contribution in [2.24, 2.45) is 0 Å². The first-order valence-corrected chi connectivity index (χ1v) is 3.13. The maximum Gasteiger partial charge on any atom is 0.150 e. The number of benzene rings is 1. The molecule has 0 saturated carbocycles. The van der Waals surface area contributed by atoms with Gasteiger partial charge in [-0.05, 0) is 12.1 Å². The Bertz CT molecular complexity index is 233. The molecule has 0 aromatic heterocycles. The van der Waals surface area contributed by atoms with Gasteiger partial charge < -0.3 is 5.73 Å². The van der Waals surface area contributed by atoms with Crippen LogP contribution in [0.25, 0.3) is 0 Å². The summed E-state index contributed by atoms with van der Waals surface area (Å²) >= 11 is 0. The quantitative estimate of drug-likeness (QED) is 0.376. The number of carbonyl (C=O) groups excluding carboxylic acids is 1. The third-order valence-electron chi connectivity index (χ3n) is 1.05. The first kappa shape index (κ1) is 9.43. The fourth-order valence-corrected chi connectivity index (χ4v) is 0.632. The molecular formula is C9H11NO. The second kappa shape index (κ2) is 5.23. The molecule has 0 heterocycles. The molecule has 2 nitrogen and oxygen atoms in total. The lowest BCUT2D eigenvalue weighted by Gasteiger charge is -1.90. The van der Waals surface area contributed by atoms with E-state index in [0.717, 1.165) is 6.29 Å². The van der Waals surface area contributed by atoms with Gasteiger partial charge in [-0.15, -0.1) is 13.2 Å². The first-order chi connectivity index (χ1) is 5.33. The van der Waals surface area contributed by atoms with Crippen molar-refractivity contribution < 1.29 is 4.79 Å². The third-order valence-corrected chi connectivity index (χ3v) is 1.05. The van der Waals surface area contributed by atoms with Gasteiger partial charge >= 0.3 is 0 Å². The Balaban J connectivity index is 0.000000461. The molecular weight excluding hydrogens is 138 g/mol. The summed E-state index contributed by atoms with van der Waals surface area (Å²) in [5, 5.41) is 0. The van der Waals surface area contributed by atoms with Crippen LogP contribution in [0.1, 0.15) is 10.4 Å². The Hall–Kier alpha value is -1.57. The molecule has 0 amide bonds. The lowest BCUT2D eigenvalue weighted by molar-refractivity contribution is 0.112. The number of nitrogens with two attached hydrogens (primary N) is 1. The molecule has 0 bridgehead atoms. The molecule has 1 rings (SSSR count). The number of hydrogen-bond donors (Lipinski definition) is 1. The molecule has 58 valence electrons. The predicted molar refractivity (Wildman–Crippen MR) is 47.5 cm³/mol. The summed E-state index contributed by atoms with van der Waals surface area (Å²) in [5.74, 6) is 0. The number of rotatable bonds is 1. The highest BCUT2D eigenvalue weighted by molar-refractivity contribution is 5.76. The van der Waals surface area contributed by atoms with Crippen molar-refractivity contribution in [1.29, 1.82) is 0 Å². The van der Waals surface area contributed by atoms with Gasteiger partial charge in [-0.2, -0.15) is 0 Å². The fourth-order valence-electron chi connectivity index (χ4n) is 0.632. The number of carbonyl (C=O) groups is 1. The second-order valence-corrected chi connectivity index (χ2v) is 1.79. The van der Waals surface area contributed by atoms with Crippen molar-refractivity contribution in [3.8, 4) is 0 Å². The van der Waals surface area contributed by atoms with Crippen LogP contribution in [0.5, 0.6) is 0 Å². The number of anilines is 1. The van der Waals surface area contributed by atoms with Crippen molar-refractivity contribution in [2.45, 2.75) is 0 Å². The molecule has 0 aliphatic heterocycles. The average Bonchev–Trinajstić information content (AvgIpc) is 2.08. The maximum absolute atomic E-state index is 10.1. The van der Waals surface area contributed by atoms with E-state index >= 15 is 0 Å². The maximum atomic E-state index is 10.1. The molecule has 1 aromatic rings. The van der Waals surface area contributed by atoms with E-state index in [1.807, 2.05) is 0 Å². The zero-order valence-corrected chi connectivity index (χ0v) is 6.29. The van der Waals surface area contributed by atoms with Crippen LogP contribution in [0, 0.1) is 0 Å². The minimum absolute atomic E-state index is 0.620. The summed E-state index contributed by atoms with van der Waals surface area (Å²) in [4.78, 5) is 10.1. The highest BCUT2D eigenvalue weighted by atomic mass is 16.1. The Labute approximate surface area is 66.3 Å². The molecule has 1 aromatic carbocycles. The van der Waals surface area contributed by atoms with Gasteiger partial charge in [-0.1, -0.05) is 12.1 Å². The molecule has 11 heavy (non-hydrogen) atoms. The number of nitrogen functional groups attached to an aromatic ring is 1. The lowest BCUT2D eigenvalue weighted by Crippen LogP contribution is -1.85. The van der Waals surface area contributed by atoms with Crippen molar-refractivity contribution in [1.82, 2.24) is 0 Å². The second-order valence-electron chi connectivity index (χ2n) is 1.79. The van der Waals surface area contributed by atoms with Crippen LogP contribution in [-0.2, 0) is 0 Å². The van der Waals surface area contributed by atoms with Gasteiger partial charge in [-0.25, -0.2) is 0 Å². The minimum Gasteiger partial charge on any atom is -0.399 e. The molecule has 0 unspecified atom stereocenters. The molecule has 0 aliphatic carbocycles. The Kier molecular flexibility index (Phi) is 4.49. The van der Waals surface area contributed by atoms with Gasteiger partial charge in [0, 0.05) is 11.3 Å². The molecule has 2 heteroatoms. The van der Waals surface area contributed by atoms with Gasteiger partial charge in [0.05, 0.1) is 0 Å². The van der Waals surface area contributed by atoms with Crippen LogP contribution in [-0.4, -0.2) is 6.29 Å². The zero-order chi connectivity index (χ0) is 8.69. The summed E-state index contributed by atoms with van der Waals surface area (Å²) in [6.07, 6.45) is 0.774. The monoisotopic (exact) mass is 149 g/mol. The van der Waals surface area contributed by atoms with Crippen LogP contribution >= 0.6 is 0 Å². The molecule has 0 atom stereocenters. The highest BCUT2D eigenvalue weighted by Gasteiger charge is 1.86. The van der Waals surface area contributed by atoms with Crippen LogP contribution in [0.4, 0.5) is 5.69 Å². The molecule has 0 spiro atoms. The largest absolute Gasteiger partial charge is 0.399 e. The standard InChI is InChI=1S/C7H7NO.C2H4/c8-7-3-1-2-6(4-7)5-9;1-2/h1-5H,8H2;1-2H2. The van der Waals surface area contributed by atoms with Crippen molar-refractivity contribution in [2.75, 3.05) is 5.73 Å². The van der Waals surface area contributed by atoms with E-state index in [1.54, 1.807) is 24.3 Å². The van der Waals surface area contributed by atoms with Crippen LogP contribution in [0.3, 0.4) is 0 Å². The van der Waals surface area contributed by atoms with Crippen molar-refractivity contribution >= 4 is 12.0 Å². The summed E-state index contributed by atoms with van der Waals surface area (Å²) in [6.45, 7) is 6.00. The predicted octanol–water partition coefficient (Wildman–Crippen LogP) is 1.88. The molecule has 2 N–H and O–H groups in total. The van der Waals surface area contributed by atoms with E-state index in [0.29, 0.717) is 11.3 Å². The van der Waals surface area contributed by atoms with Crippen LogP contribution in [0.2, 0.25) is 0 Å². The average molecular weight is 149 g/mol. The third kappa shape index (κ3) is 3.20. The van der Waals surface area contributed by atoms with E-state index < -0.39 is 0 Å². The van der Waals surface area contributed by atoms with E-state index in [1.165, 1.54) is 0 Å². The number of hydrogen-bond acceptors (Lipinski definition) is 2. The molecule has 0 radical (unpaired) electrons. The SMILES string of the molecule is C=C.Nc1cccc(C=O)c1. The minimum atomic E-state index is 0.620. The lowest BCUT2D eigenvalue weighted by atomic mass is 10.2. The summed E-state index contributed by atoms with van der Waals surface area (Å²) in [7, 11) is 0. The Morgan fingerprint density at radius 2 is 2.00 bits per heavy atom. The van der Waals surface area contributed by atoms with Gasteiger partial charge in [0.25, 0.3) is 0 Å². The first-order valence-electron chi connectivity index (χ1n) is 3.13. The van der Waals surface area contributed by atoms with E-state index in [-0.39, 0.29) is 0 Å². The van der Waals surface area contributed by atoms with Gasteiger partial charge in [-0.3, -0.25) is 4.79 Å². The Morgan fingerprint density at radius 3 is 2.36 bits per heavy atom. The normalized spacial score (nSPS) is 7.64. The van der Waals surface area contributed by atoms with Crippen LogP contribution in [0.15, 0.2) is 37.4 Å². The van der Waals surface area contributed by atoms with Crippen molar-refractivity contribution in [3.05, 3.63) is 43.0 Å². The van der Waals surface area contributed by atoms with Gasteiger partial charge in [0.2, 0.25) is 0 Å². The molecule has 0 aliphatic rings. The van der Waals surface area contributed by atoms with Crippen molar-refractivity contribution in [3.63, 3.8) is 0 Å². The summed E-state index contributed by atoms with van der Waals surface area (Å²) in [5.41, 5.74) is 6.62. The van der Waals surface area contributed by atoms with Crippen LogP contribution < -0.4 is 5.73 Å². The Morgan fingerprint density at radius 1 is 1.36 bits per heavy atom. The summed E-state index contributed by atoms with van der Waals surface area (Å²) < 4.78 is 0. The number of aldehydes is 1. The van der Waals surface area contributed by atoms with E-state index in [9.17, 15) is 4.79 Å². The van der Waals surface area contributed by atoms with E-state index in [4.69, 9.17) is 5.73 Å². The fraction of sp³-hybridized carbons (Fsp3) is 0. The summed E-state index contributed by atoms with van der Waals surface area (Å²) in [6, 6.07) is 6.84. The van der Waals surface area contributed by atoms with Gasteiger partial charge in [0.15, 0.2) is 0 Å². The molecule has 0 saturated heterocycles. The van der Waals surface area contributed by atoms with Gasteiger partial charge in [0.1, 0.15) is 6.29 Å². The smallest absolute Gasteiger partial charge is 0.150 e. The topological polar surface area (TPSA) is 43.1 Å².